The maximum Gasteiger partial charge on any atom is 0.306 e. The van der Waals surface area contributed by atoms with E-state index in [9.17, 15) is 4.79 Å². The number of aryl methyl sites for hydroxylation is 1. The van der Waals surface area contributed by atoms with Gasteiger partial charge in [0.25, 0.3) is 0 Å². The van der Waals surface area contributed by atoms with Gasteiger partial charge in [0.2, 0.25) is 0 Å². The van der Waals surface area contributed by atoms with Crippen molar-refractivity contribution in [1.82, 2.24) is 9.97 Å². The molecule has 6 nitrogen and oxygen atoms in total. The van der Waals surface area contributed by atoms with Gasteiger partial charge in [-0.05, 0) is 6.42 Å². The van der Waals surface area contributed by atoms with Crippen molar-refractivity contribution in [3.63, 3.8) is 0 Å². The summed E-state index contributed by atoms with van der Waals surface area (Å²) in [6.07, 6.45) is 3.31. The van der Waals surface area contributed by atoms with Crippen LogP contribution in [0.3, 0.4) is 0 Å². The fourth-order valence-electron chi connectivity index (χ4n) is 2.20. The van der Waals surface area contributed by atoms with Gasteiger partial charge < -0.3 is 14.7 Å². The summed E-state index contributed by atoms with van der Waals surface area (Å²) in [5.41, 5.74) is 1.02. The van der Waals surface area contributed by atoms with Crippen molar-refractivity contribution < 1.29 is 14.6 Å². The molecule has 1 aromatic heterocycles. The van der Waals surface area contributed by atoms with Gasteiger partial charge in [-0.1, -0.05) is 13.3 Å². The summed E-state index contributed by atoms with van der Waals surface area (Å²) in [6.45, 7) is 3.94. The predicted molar refractivity (Wildman–Crippen MR) is 70.2 cm³/mol. The summed E-state index contributed by atoms with van der Waals surface area (Å²) in [5, 5.41) is 8.81. The Kier molecular flexibility index (Phi) is 4.68. The van der Waals surface area contributed by atoms with E-state index in [0.29, 0.717) is 13.2 Å². The molecule has 1 fully saturated rings. The monoisotopic (exact) mass is 265 g/mol. The minimum atomic E-state index is -0.832. The van der Waals surface area contributed by atoms with Crippen molar-refractivity contribution in [1.29, 1.82) is 0 Å². The van der Waals surface area contributed by atoms with Crippen LogP contribution in [-0.2, 0) is 16.0 Å². The quantitative estimate of drug-likeness (QED) is 0.859. The summed E-state index contributed by atoms with van der Waals surface area (Å²) in [7, 11) is 0. The zero-order valence-corrected chi connectivity index (χ0v) is 11.1. The molecule has 1 saturated heterocycles. The first-order valence-corrected chi connectivity index (χ1v) is 6.58. The highest BCUT2D eigenvalue weighted by molar-refractivity contribution is 5.67. The number of nitrogens with zero attached hydrogens (tertiary/aromatic N) is 3. The topological polar surface area (TPSA) is 75.5 Å². The van der Waals surface area contributed by atoms with Gasteiger partial charge in [0.15, 0.2) is 0 Å². The van der Waals surface area contributed by atoms with Crippen molar-refractivity contribution in [2.24, 2.45) is 0 Å². The van der Waals surface area contributed by atoms with E-state index in [1.54, 1.807) is 6.33 Å². The summed E-state index contributed by atoms with van der Waals surface area (Å²) in [4.78, 5) is 21.3. The second-order valence-electron chi connectivity index (χ2n) is 4.65. The number of rotatable bonds is 5. The van der Waals surface area contributed by atoms with Gasteiger partial charge in [-0.25, -0.2) is 9.97 Å². The molecule has 0 radical (unpaired) electrons. The summed E-state index contributed by atoms with van der Waals surface area (Å²) >= 11 is 0. The summed E-state index contributed by atoms with van der Waals surface area (Å²) in [5.74, 6) is 0.0262. The highest BCUT2D eigenvalue weighted by atomic mass is 16.5. The second-order valence-corrected chi connectivity index (χ2v) is 4.65. The normalized spacial score (nSPS) is 19.4. The van der Waals surface area contributed by atoms with E-state index in [4.69, 9.17) is 9.84 Å². The lowest BCUT2D eigenvalue weighted by molar-refractivity contribution is -0.140. The highest BCUT2D eigenvalue weighted by Gasteiger charge is 2.23. The minimum Gasteiger partial charge on any atom is -0.481 e. The molecule has 104 valence electrons. The molecule has 0 aliphatic carbocycles. The van der Waals surface area contributed by atoms with Gasteiger partial charge in [0, 0.05) is 24.8 Å². The minimum absolute atomic E-state index is 0.0312. The Labute approximate surface area is 112 Å². The number of morpholine rings is 1. The van der Waals surface area contributed by atoms with Crippen LogP contribution in [0.15, 0.2) is 12.4 Å². The second kappa shape index (κ2) is 6.47. The molecule has 0 saturated carbocycles. The number of carbonyl (C=O) groups is 1. The van der Waals surface area contributed by atoms with E-state index in [2.05, 4.69) is 21.8 Å². The number of carboxylic acids is 1. The number of aliphatic carboxylic acids is 1. The number of carboxylic acid groups (broad SMARTS) is 1. The molecule has 1 N–H and O–H groups in total. The van der Waals surface area contributed by atoms with Crippen molar-refractivity contribution in [3.05, 3.63) is 18.1 Å². The Morgan fingerprint density at radius 1 is 1.58 bits per heavy atom. The largest absolute Gasteiger partial charge is 0.481 e. The highest BCUT2D eigenvalue weighted by Crippen LogP contribution is 2.17. The van der Waals surface area contributed by atoms with Gasteiger partial charge in [-0.3, -0.25) is 4.79 Å². The molecule has 1 aliphatic heterocycles. The van der Waals surface area contributed by atoms with Gasteiger partial charge in [-0.2, -0.15) is 0 Å². The predicted octanol–water partition coefficient (Wildman–Crippen LogP) is 1.11. The first-order valence-electron chi connectivity index (χ1n) is 6.58. The maximum absolute atomic E-state index is 10.7. The van der Waals surface area contributed by atoms with Crippen LogP contribution < -0.4 is 4.90 Å². The first-order chi connectivity index (χ1) is 9.19. The van der Waals surface area contributed by atoms with Crippen molar-refractivity contribution in [2.45, 2.75) is 32.3 Å². The fraction of sp³-hybridized carbons (Fsp3) is 0.615. The third-order valence-corrected chi connectivity index (χ3v) is 3.08. The molecule has 19 heavy (non-hydrogen) atoms. The lowest BCUT2D eigenvalue weighted by atomic mass is 10.2. The lowest BCUT2D eigenvalue weighted by Crippen LogP contribution is -2.43. The molecule has 2 heterocycles. The molecule has 1 unspecified atom stereocenters. The van der Waals surface area contributed by atoms with Crippen LogP contribution in [0.2, 0.25) is 0 Å². The van der Waals surface area contributed by atoms with Gasteiger partial charge in [0.05, 0.1) is 19.1 Å². The van der Waals surface area contributed by atoms with E-state index < -0.39 is 5.97 Å². The van der Waals surface area contributed by atoms with Crippen LogP contribution in [0.1, 0.15) is 25.5 Å². The molecule has 0 amide bonds. The Bertz CT molecular complexity index is 439. The molecular weight excluding hydrogens is 246 g/mol. The third-order valence-electron chi connectivity index (χ3n) is 3.08. The molecular formula is C13H19N3O3. The van der Waals surface area contributed by atoms with Crippen LogP contribution in [0.5, 0.6) is 0 Å². The third kappa shape index (κ3) is 3.89. The molecule has 2 rings (SSSR count). The molecule has 1 atom stereocenters. The van der Waals surface area contributed by atoms with Gasteiger partial charge in [-0.15, -0.1) is 0 Å². The Morgan fingerprint density at radius 2 is 2.42 bits per heavy atom. The molecule has 1 aromatic rings. The molecule has 6 heteroatoms. The SMILES string of the molecule is CCCc1cc(N2CCOC(CC(=O)O)C2)ncn1. The molecule has 0 spiro atoms. The van der Waals surface area contributed by atoms with Crippen LogP contribution in [0.4, 0.5) is 5.82 Å². The Hall–Kier alpha value is -1.69. The fourth-order valence-corrected chi connectivity index (χ4v) is 2.20. The maximum atomic E-state index is 10.7. The molecule has 0 bridgehead atoms. The zero-order chi connectivity index (χ0) is 13.7. The number of aromatic nitrogens is 2. The zero-order valence-electron chi connectivity index (χ0n) is 11.1. The summed E-state index contributed by atoms with van der Waals surface area (Å²) in [6, 6.07) is 1.98. The van der Waals surface area contributed by atoms with E-state index in [1.165, 1.54) is 0 Å². The number of hydrogen-bond acceptors (Lipinski definition) is 5. The van der Waals surface area contributed by atoms with Gasteiger partial charge in [0.1, 0.15) is 12.1 Å². The number of ether oxygens (including phenoxy) is 1. The lowest BCUT2D eigenvalue weighted by Gasteiger charge is -2.33. The van der Waals surface area contributed by atoms with E-state index in [-0.39, 0.29) is 12.5 Å². The summed E-state index contributed by atoms with van der Waals surface area (Å²) < 4.78 is 5.45. The molecule has 1 aliphatic rings. The smallest absolute Gasteiger partial charge is 0.306 e. The number of anilines is 1. The Balaban J connectivity index is 2.04. The average Bonchev–Trinajstić information content (AvgIpc) is 2.39. The van der Waals surface area contributed by atoms with E-state index in [1.807, 2.05) is 6.07 Å². The first kappa shape index (κ1) is 13.7. The van der Waals surface area contributed by atoms with Crippen molar-refractivity contribution >= 4 is 11.8 Å². The van der Waals surface area contributed by atoms with E-state index in [0.717, 1.165) is 30.9 Å². The van der Waals surface area contributed by atoms with Crippen LogP contribution in [0.25, 0.3) is 0 Å². The van der Waals surface area contributed by atoms with Crippen LogP contribution in [-0.4, -0.2) is 46.8 Å². The van der Waals surface area contributed by atoms with Gasteiger partial charge >= 0.3 is 5.97 Å². The molecule has 0 aromatic carbocycles. The van der Waals surface area contributed by atoms with Crippen LogP contribution in [0, 0.1) is 0 Å². The average molecular weight is 265 g/mol. The van der Waals surface area contributed by atoms with E-state index >= 15 is 0 Å². The van der Waals surface area contributed by atoms with Crippen molar-refractivity contribution in [2.75, 3.05) is 24.6 Å². The number of hydrogen-bond donors (Lipinski definition) is 1. The standard InChI is InChI=1S/C13H19N3O3/c1-2-3-10-6-12(15-9-14-10)16-4-5-19-11(8-16)7-13(17)18/h6,9,11H,2-5,7-8H2,1H3,(H,17,18). The van der Waals surface area contributed by atoms with Crippen LogP contribution >= 0.6 is 0 Å². The Morgan fingerprint density at radius 3 is 3.16 bits per heavy atom. The van der Waals surface area contributed by atoms with Crippen molar-refractivity contribution in [3.8, 4) is 0 Å².